The fourth-order valence-electron chi connectivity index (χ4n) is 7.30. The van der Waals surface area contributed by atoms with E-state index in [0.717, 1.165) is 25.5 Å². The van der Waals surface area contributed by atoms with Gasteiger partial charge >= 0.3 is 0 Å². The van der Waals surface area contributed by atoms with E-state index in [1.807, 2.05) is 6.92 Å². The largest absolute Gasteiger partial charge is 0.392 e. The van der Waals surface area contributed by atoms with E-state index in [4.69, 9.17) is 0 Å². The molecule has 3 unspecified atom stereocenters. The van der Waals surface area contributed by atoms with Crippen LogP contribution in [0.4, 0.5) is 0 Å². The number of hydrogen-bond acceptors (Lipinski definition) is 5. The van der Waals surface area contributed by atoms with Gasteiger partial charge in [-0.2, -0.15) is 0 Å². The highest BCUT2D eigenvalue weighted by Crippen LogP contribution is 2.70. The maximum Gasteiger partial charge on any atom is 0.170 e. The standard InChI is InChI=1S/C20H28O5/c1-10-15-11(22)7-13-19(3)6-4-5-18(2,9-21)12(19)8-14(23)20(13,16(10)24)17(15)25/h9,11-15,17,22-23,25H,1,4-8H2,2-3H3/t11-,12+,13?,14+,15?,17-,18+,19+,20?/m0/s1. The zero-order chi connectivity index (χ0) is 18.4. The Morgan fingerprint density at radius 1 is 1.12 bits per heavy atom. The molecule has 1 spiro atoms. The molecule has 0 aromatic heterocycles. The summed E-state index contributed by atoms with van der Waals surface area (Å²) in [7, 11) is 0. The molecule has 25 heavy (non-hydrogen) atoms. The minimum atomic E-state index is -1.27. The average Bonchev–Trinajstić information content (AvgIpc) is 2.69. The predicted molar refractivity (Wildman–Crippen MR) is 90.4 cm³/mol. The van der Waals surface area contributed by atoms with Crippen LogP contribution in [0.15, 0.2) is 12.2 Å². The van der Waals surface area contributed by atoms with Crippen molar-refractivity contribution in [3.05, 3.63) is 12.2 Å². The molecule has 4 aliphatic rings. The number of rotatable bonds is 1. The molecule has 4 fully saturated rings. The van der Waals surface area contributed by atoms with Gasteiger partial charge in [0.05, 0.1) is 23.7 Å². The molecule has 0 aromatic rings. The first-order valence-electron chi connectivity index (χ1n) is 9.38. The van der Waals surface area contributed by atoms with Gasteiger partial charge in [0.15, 0.2) is 5.78 Å². The lowest BCUT2D eigenvalue weighted by molar-refractivity contribution is -0.236. The van der Waals surface area contributed by atoms with Gasteiger partial charge in [0, 0.05) is 11.3 Å². The van der Waals surface area contributed by atoms with E-state index in [2.05, 4.69) is 13.5 Å². The van der Waals surface area contributed by atoms with Crippen molar-refractivity contribution in [1.29, 1.82) is 0 Å². The van der Waals surface area contributed by atoms with Gasteiger partial charge < -0.3 is 20.1 Å². The SMILES string of the molecule is C=C1C(=O)C23C(C[C@H](O)C1[C@@H]2O)[C@]1(C)CCC[C@](C)(C=O)[C@H]1C[C@H]3O. The molecule has 0 heterocycles. The number of carbonyl (C=O) groups excluding carboxylic acids is 2. The van der Waals surface area contributed by atoms with Gasteiger partial charge in [-0.05, 0) is 48.5 Å². The third kappa shape index (κ3) is 1.75. The predicted octanol–water partition coefficient (Wildman–Crippen LogP) is 1.25. The molecule has 3 N–H and O–H groups in total. The first-order chi connectivity index (χ1) is 11.6. The van der Waals surface area contributed by atoms with Crippen molar-refractivity contribution in [3.8, 4) is 0 Å². The fraction of sp³-hybridized carbons (Fsp3) is 0.800. The molecule has 5 nitrogen and oxygen atoms in total. The topological polar surface area (TPSA) is 94.8 Å². The number of ketones is 1. The summed E-state index contributed by atoms with van der Waals surface area (Å²) in [5, 5.41) is 32.7. The highest BCUT2D eigenvalue weighted by atomic mass is 16.3. The number of carbonyl (C=O) groups is 2. The molecule has 4 aliphatic carbocycles. The number of hydrogen-bond donors (Lipinski definition) is 3. The normalized spacial score (nSPS) is 57.8. The number of aldehydes is 1. The van der Waals surface area contributed by atoms with Crippen LogP contribution in [0.2, 0.25) is 0 Å². The van der Waals surface area contributed by atoms with E-state index in [9.17, 15) is 24.9 Å². The molecule has 9 atom stereocenters. The summed E-state index contributed by atoms with van der Waals surface area (Å²) in [5.41, 5.74) is -1.94. The van der Waals surface area contributed by atoms with Crippen LogP contribution in [0.1, 0.15) is 46.0 Å². The van der Waals surface area contributed by atoms with Crippen LogP contribution in [0, 0.1) is 34.0 Å². The summed E-state index contributed by atoms with van der Waals surface area (Å²) in [6.45, 7) is 7.87. The molecule has 4 saturated carbocycles. The van der Waals surface area contributed by atoms with Crippen molar-refractivity contribution < 1.29 is 24.9 Å². The summed E-state index contributed by atoms with van der Waals surface area (Å²) in [6, 6.07) is 0. The second kappa shape index (κ2) is 5.02. The highest BCUT2D eigenvalue weighted by molar-refractivity contribution is 6.04. The van der Waals surface area contributed by atoms with Crippen LogP contribution in [0.3, 0.4) is 0 Å². The lowest BCUT2D eigenvalue weighted by atomic mass is 9.39. The molecule has 138 valence electrons. The van der Waals surface area contributed by atoms with Crippen molar-refractivity contribution in [2.75, 3.05) is 0 Å². The molecule has 5 heteroatoms. The number of fused-ring (bicyclic) bond motifs is 3. The Kier molecular flexibility index (Phi) is 3.49. The quantitative estimate of drug-likeness (QED) is 0.490. The lowest BCUT2D eigenvalue weighted by Crippen LogP contribution is -2.68. The zero-order valence-electron chi connectivity index (χ0n) is 14.9. The average molecular weight is 348 g/mol. The van der Waals surface area contributed by atoms with Crippen molar-refractivity contribution >= 4 is 12.1 Å². The number of aliphatic hydroxyl groups is 3. The van der Waals surface area contributed by atoms with Crippen LogP contribution in [-0.2, 0) is 9.59 Å². The number of aliphatic hydroxyl groups excluding tert-OH is 3. The molecule has 2 bridgehead atoms. The van der Waals surface area contributed by atoms with Gasteiger partial charge in [0.1, 0.15) is 6.29 Å². The van der Waals surface area contributed by atoms with E-state index >= 15 is 0 Å². The Balaban J connectivity index is 1.90. The highest BCUT2D eigenvalue weighted by Gasteiger charge is 2.75. The van der Waals surface area contributed by atoms with E-state index in [1.165, 1.54) is 0 Å². The molecule has 0 saturated heterocycles. The van der Waals surface area contributed by atoms with E-state index in [1.54, 1.807) is 0 Å². The summed E-state index contributed by atoms with van der Waals surface area (Å²) in [4.78, 5) is 25.0. The fourth-order valence-corrected chi connectivity index (χ4v) is 7.30. The first-order valence-corrected chi connectivity index (χ1v) is 9.38. The third-order valence-corrected chi connectivity index (χ3v) is 8.48. The van der Waals surface area contributed by atoms with Crippen LogP contribution in [0.25, 0.3) is 0 Å². The van der Waals surface area contributed by atoms with Gasteiger partial charge in [-0.3, -0.25) is 4.79 Å². The molecule has 0 radical (unpaired) electrons. The van der Waals surface area contributed by atoms with Crippen LogP contribution in [0.5, 0.6) is 0 Å². The van der Waals surface area contributed by atoms with Gasteiger partial charge in [0.2, 0.25) is 0 Å². The van der Waals surface area contributed by atoms with Crippen LogP contribution < -0.4 is 0 Å². The minimum absolute atomic E-state index is 0.0607. The maximum atomic E-state index is 13.2. The summed E-state index contributed by atoms with van der Waals surface area (Å²) < 4.78 is 0. The third-order valence-electron chi connectivity index (χ3n) is 8.48. The number of Topliss-reactive ketones (excluding diaryl/α,β-unsaturated/α-hetero) is 1. The van der Waals surface area contributed by atoms with Crippen molar-refractivity contribution in [2.45, 2.75) is 64.3 Å². The van der Waals surface area contributed by atoms with Crippen molar-refractivity contribution in [3.63, 3.8) is 0 Å². The molecule has 0 aromatic carbocycles. The zero-order valence-corrected chi connectivity index (χ0v) is 14.9. The summed E-state index contributed by atoms with van der Waals surface area (Å²) in [6.07, 6.45) is 1.25. The monoisotopic (exact) mass is 348 g/mol. The van der Waals surface area contributed by atoms with Crippen molar-refractivity contribution in [2.24, 2.45) is 34.0 Å². The van der Waals surface area contributed by atoms with E-state index in [-0.39, 0.29) is 28.6 Å². The summed E-state index contributed by atoms with van der Waals surface area (Å²) in [5.74, 6) is -1.37. The second-order valence-electron chi connectivity index (χ2n) is 9.40. The molecular weight excluding hydrogens is 320 g/mol. The van der Waals surface area contributed by atoms with Crippen molar-refractivity contribution in [1.82, 2.24) is 0 Å². The Morgan fingerprint density at radius 3 is 2.44 bits per heavy atom. The Bertz CT molecular complexity index is 658. The van der Waals surface area contributed by atoms with Gasteiger partial charge in [0.25, 0.3) is 0 Å². The molecule has 0 aliphatic heterocycles. The lowest BCUT2D eigenvalue weighted by Gasteiger charge is -2.65. The van der Waals surface area contributed by atoms with Crippen LogP contribution >= 0.6 is 0 Å². The first kappa shape index (κ1) is 17.4. The minimum Gasteiger partial charge on any atom is -0.392 e. The van der Waals surface area contributed by atoms with E-state index < -0.39 is 35.1 Å². The Labute approximate surface area is 148 Å². The molecule has 4 rings (SSSR count). The van der Waals surface area contributed by atoms with Gasteiger partial charge in [-0.25, -0.2) is 0 Å². The Hall–Kier alpha value is -1.04. The van der Waals surface area contributed by atoms with E-state index in [0.29, 0.717) is 12.8 Å². The molecule has 0 amide bonds. The van der Waals surface area contributed by atoms with Gasteiger partial charge in [-0.15, -0.1) is 0 Å². The molecular formula is C20H28O5. The van der Waals surface area contributed by atoms with Gasteiger partial charge in [-0.1, -0.05) is 26.8 Å². The Morgan fingerprint density at radius 2 is 1.80 bits per heavy atom. The smallest absolute Gasteiger partial charge is 0.170 e. The second-order valence-corrected chi connectivity index (χ2v) is 9.40. The van der Waals surface area contributed by atoms with Crippen LogP contribution in [-0.4, -0.2) is 45.7 Å². The maximum absolute atomic E-state index is 13.2. The summed E-state index contributed by atoms with van der Waals surface area (Å²) >= 11 is 0.